The summed E-state index contributed by atoms with van der Waals surface area (Å²) in [6.07, 6.45) is 6.43. The predicted octanol–water partition coefficient (Wildman–Crippen LogP) is 4.82. The van der Waals surface area contributed by atoms with Gasteiger partial charge in [0.2, 0.25) is 0 Å². The lowest BCUT2D eigenvalue weighted by Crippen LogP contribution is -2.32. The van der Waals surface area contributed by atoms with Crippen molar-refractivity contribution in [1.82, 2.24) is 4.90 Å². The lowest BCUT2D eigenvalue weighted by molar-refractivity contribution is 0.0760. The fraction of sp³-hybridized carbons (Fsp3) is 0.391. The Labute approximate surface area is 161 Å². The molecule has 1 aliphatic carbocycles. The number of carbonyl (C=O) groups excluding carboxylic acids is 1. The van der Waals surface area contributed by atoms with E-state index < -0.39 is 0 Å². The van der Waals surface area contributed by atoms with E-state index in [1.165, 1.54) is 32.1 Å². The van der Waals surface area contributed by atoms with Crippen LogP contribution >= 0.6 is 0 Å². The highest BCUT2D eigenvalue weighted by atomic mass is 16.2. The number of amides is 1. The van der Waals surface area contributed by atoms with Crippen LogP contribution in [0.3, 0.4) is 0 Å². The summed E-state index contributed by atoms with van der Waals surface area (Å²) in [6, 6.07) is 17.3. The lowest BCUT2D eigenvalue weighted by Gasteiger charge is -2.27. The molecule has 0 radical (unpaired) electrons. The van der Waals surface area contributed by atoms with Gasteiger partial charge in [-0.2, -0.15) is 5.26 Å². The lowest BCUT2D eigenvalue weighted by atomic mass is 9.89. The average Bonchev–Trinajstić information content (AvgIpc) is 2.73. The first kappa shape index (κ1) is 19.0. The van der Waals surface area contributed by atoms with Gasteiger partial charge in [0.25, 0.3) is 5.91 Å². The molecule has 0 saturated heterocycles. The third-order valence-electron chi connectivity index (χ3n) is 5.32. The molecule has 2 aromatic carbocycles. The predicted molar refractivity (Wildman–Crippen MR) is 108 cm³/mol. The molecule has 0 atom stereocenters. The molecule has 1 saturated carbocycles. The van der Waals surface area contributed by atoms with Crippen LogP contribution in [0.4, 0.5) is 5.69 Å². The molecule has 4 nitrogen and oxygen atoms in total. The Morgan fingerprint density at radius 1 is 1.07 bits per heavy atom. The van der Waals surface area contributed by atoms with Crippen LogP contribution in [0.5, 0.6) is 0 Å². The number of hydrogen-bond acceptors (Lipinski definition) is 3. The van der Waals surface area contributed by atoms with Crippen LogP contribution in [0, 0.1) is 17.2 Å². The molecule has 0 bridgehead atoms. The van der Waals surface area contributed by atoms with E-state index in [4.69, 9.17) is 5.26 Å². The van der Waals surface area contributed by atoms with Crippen molar-refractivity contribution in [2.24, 2.45) is 5.92 Å². The molecular weight excluding hydrogens is 334 g/mol. The molecule has 27 heavy (non-hydrogen) atoms. The van der Waals surface area contributed by atoms with Crippen molar-refractivity contribution in [3.63, 3.8) is 0 Å². The second kappa shape index (κ2) is 9.23. The highest BCUT2D eigenvalue weighted by Crippen LogP contribution is 2.24. The zero-order valence-electron chi connectivity index (χ0n) is 15.9. The highest BCUT2D eigenvalue weighted by Gasteiger charge is 2.19. The monoisotopic (exact) mass is 361 g/mol. The summed E-state index contributed by atoms with van der Waals surface area (Å²) in [5, 5.41) is 12.2. The summed E-state index contributed by atoms with van der Waals surface area (Å²) in [4.78, 5) is 14.5. The molecule has 0 spiro atoms. The number of nitriles is 1. The minimum Gasteiger partial charge on any atom is -0.381 e. The van der Waals surface area contributed by atoms with Gasteiger partial charge in [-0.05, 0) is 60.7 Å². The summed E-state index contributed by atoms with van der Waals surface area (Å²) in [6.45, 7) is 1.54. The van der Waals surface area contributed by atoms with Gasteiger partial charge in [0.15, 0.2) is 0 Å². The highest BCUT2D eigenvalue weighted by molar-refractivity contribution is 5.94. The van der Waals surface area contributed by atoms with Gasteiger partial charge < -0.3 is 10.2 Å². The number of carbonyl (C=O) groups is 1. The first-order valence-electron chi connectivity index (χ1n) is 9.74. The summed E-state index contributed by atoms with van der Waals surface area (Å²) < 4.78 is 0. The summed E-state index contributed by atoms with van der Waals surface area (Å²) in [5.41, 5.74) is 3.49. The Kier molecular flexibility index (Phi) is 6.49. The second-order valence-corrected chi connectivity index (χ2v) is 7.43. The molecular formula is C23H27N3O. The van der Waals surface area contributed by atoms with Crippen LogP contribution in [0.15, 0.2) is 48.5 Å². The molecule has 0 unspecified atom stereocenters. The van der Waals surface area contributed by atoms with Crippen LogP contribution in [0.1, 0.15) is 53.6 Å². The van der Waals surface area contributed by atoms with Gasteiger partial charge in [-0.1, -0.05) is 31.4 Å². The standard InChI is InChI=1S/C23H27N3O/c1-26(17-20-5-3-2-4-6-20)23(27)21-11-13-22(14-12-21)25-16-19-9-7-18(15-24)8-10-19/h7-14,20,25H,2-6,16-17H2,1H3. The van der Waals surface area contributed by atoms with Crippen molar-refractivity contribution < 1.29 is 4.79 Å². The minimum absolute atomic E-state index is 0.0965. The Bertz CT molecular complexity index is 784. The van der Waals surface area contributed by atoms with Gasteiger partial charge >= 0.3 is 0 Å². The minimum atomic E-state index is 0.0965. The summed E-state index contributed by atoms with van der Waals surface area (Å²) >= 11 is 0. The Balaban J connectivity index is 1.52. The van der Waals surface area contributed by atoms with Crippen LogP contribution in [-0.2, 0) is 6.54 Å². The van der Waals surface area contributed by atoms with Gasteiger partial charge in [0, 0.05) is 31.4 Å². The number of anilines is 1. The van der Waals surface area contributed by atoms with E-state index in [0.717, 1.165) is 23.4 Å². The Morgan fingerprint density at radius 3 is 2.37 bits per heavy atom. The molecule has 2 aromatic rings. The first-order valence-corrected chi connectivity index (χ1v) is 9.74. The summed E-state index contributed by atoms with van der Waals surface area (Å²) in [7, 11) is 1.91. The largest absolute Gasteiger partial charge is 0.381 e. The van der Waals surface area contributed by atoms with Crippen molar-refractivity contribution in [3.8, 4) is 6.07 Å². The maximum atomic E-state index is 12.6. The molecule has 3 rings (SSSR count). The number of benzene rings is 2. The Hall–Kier alpha value is -2.80. The normalized spacial score (nSPS) is 14.4. The van der Waals surface area contributed by atoms with Crippen molar-refractivity contribution in [3.05, 3.63) is 65.2 Å². The van der Waals surface area contributed by atoms with Gasteiger partial charge in [0.1, 0.15) is 0 Å². The summed E-state index contributed by atoms with van der Waals surface area (Å²) in [5.74, 6) is 0.750. The van der Waals surface area contributed by atoms with Crippen LogP contribution in [0.25, 0.3) is 0 Å². The molecule has 0 aliphatic heterocycles. The maximum absolute atomic E-state index is 12.6. The second-order valence-electron chi connectivity index (χ2n) is 7.43. The van der Waals surface area contributed by atoms with Gasteiger partial charge in [-0.3, -0.25) is 4.79 Å². The van der Waals surface area contributed by atoms with E-state index in [-0.39, 0.29) is 5.91 Å². The number of nitrogens with one attached hydrogen (secondary N) is 1. The fourth-order valence-electron chi connectivity index (χ4n) is 3.69. The van der Waals surface area contributed by atoms with E-state index in [9.17, 15) is 4.79 Å². The van der Waals surface area contributed by atoms with Crippen LogP contribution in [-0.4, -0.2) is 24.4 Å². The third-order valence-corrected chi connectivity index (χ3v) is 5.32. The Morgan fingerprint density at radius 2 is 1.74 bits per heavy atom. The maximum Gasteiger partial charge on any atom is 0.253 e. The molecule has 1 N–H and O–H groups in total. The SMILES string of the molecule is CN(CC1CCCCC1)C(=O)c1ccc(NCc2ccc(C#N)cc2)cc1. The molecule has 1 amide bonds. The molecule has 4 heteroatoms. The zero-order chi connectivity index (χ0) is 19.1. The van der Waals surface area contributed by atoms with E-state index in [0.29, 0.717) is 18.0 Å². The van der Waals surface area contributed by atoms with Crippen molar-refractivity contribution in [2.45, 2.75) is 38.6 Å². The zero-order valence-corrected chi connectivity index (χ0v) is 15.9. The van der Waals surface area contributed by atoms with E-state index in [1.807, 2.05) is 60.5 Å². The van der Waals surface area contributed by atoms with Crippen LogP contribution in [0.2, 0.25) is 0 Å². The van der Waals surface area contributed by atoms with E-state index in [2.05, 4.69) is 11.4 Å². The smallest absolute Gasteiger partial charge is 0.253 e. The number of nitrogens with zero attached hydrogens (tertiary/aromatic N) is 2. The molecule has 0 aromatic heterocycles. The van der Waals surface area contributed by atoms with Crippen molar-refractivity contribution in [2.75, 3.05) is 18.9 Å². The molecule has 1 aliphatic rings. The number of hydrogen-bond donors (Lipinski definition) is 1. The fourth-order valence-corrected chi connectivity index (χ4v) is 3.69. The average molecular weight is 361 g/mol. The first-order chi connectivity index (χ1) is 13.2. The van der Waals surface area contributed by atoms with Gasteiger partial charge in [0.05, 0.1) is 11.6 Å². The molecule has 140 valence electrons. The third kappa shape index (κ3) is 5.34. The topological polar surface area (TPSA) is 56.1 Å². The number of rotatable bonds is 6. The van der Waals surface area contributed by atoms with Crippen LogP contribution < -0.4 is 5.32 Å². The van der Waals surface area contributed by atoms with E-state index >= 15 is 0 Å². The van der Waals surface area contributed by atoms with Crippen molar-refractivity contribution >= 4 is 11.6 Å². The van der Waals surface area contributed by atoms with Gasteiger partial charge in [-0.15, -0.1) is 0 Å². The van der Waals surface area contributed by atoms with Gasteiger partial charge in [-0.25, -0.2) is 0 Å². The quantitative estimate of drug-likeness (QED) is 0.802. The molecule has 0 heterocycles. The van der Waals surface area contributed by atoms with Crippen molar-refractivity contribution in [1.29, 1.82) is 5.26 Å². The van der Waals surface area contributed by atoms with E-state index in [1.54, 1.807) is 0 Å². The molecule has 1 fully saturated rings.